The quantitative estimate of drug-likeness (QED) is 0.392. The second-order valence-electron chi connectivity index (χ2n) is 8.30. The Kier molecular flexibility index (Phi) is 4.67. The molecule has 32 heavy (non-hydrogen) atoms. The van der Waals surface area contributed by atoms with Crippen LogP contribution in [0.1, 0.15) is 34.0 Å². The van der Waals surface area contributed by atoms with E-state index in [0.29, 0.717) is 5.69 Å². The van der Waals surface area contributed by atoms with Crippen LogP contribution in [0.25, 0.3) is 16.6 Å². The number of hydrogen-bond acceptors (Lipinski definition) is 4. The van der Waals surface area contributed by atoms with Gasteiger partial charge in [0.15, 0.2) is 6.04 Å². The molecule has 4 aromatic rings. The van der Waals surface area contributed by atoms with Crippen LogP contribution in [0.3, 0.4) is 0 Å². The number of aromatic amines is 2. The molecule has 5 rings (SSSR count). The van der Waals surface area contributed by atoms with Crippen molar-refractivity contribution in [1.29, 1.82) is 0 Å². The number of H-pyrrole nitrogens is 2. The summed E-state index contributed by atoms with van der Waals surface area (Å²) in [6.07, 6.45) is 0.814. The first-order chi connectivity index (χ1) is 15.4. The SMILES string of the molecule is COc1ccc2[nH]c3c(c2c1)CC[NH2+][C@H]3c1c(O)n(-c2ccc(C)cc2C)c(=O)[nH]c1=O. The van der Waals surface area contributed by atoms with E-state index >= 15 is 0 Å². The second kappa shape index (κ2) is 7.42. The van der Waals surface area contributed by atoms with Crippen molar-refractivity contribution in [2.45, 2.75) is 26.3 Å². The number of rotatable bonds is 3. The van der Waals surface area contributed by atoms with Gasteiger partial charge in [-0.15, -0.1) is 0 Å². The Hall–Kier alpha value is -3.78. The number of benzene rings is 2. The van der Waals surface area contributed by atoms with Gasteiger partial charge in [-0.25, -0.2) is 9.36 Å². The maximum absolute atomic E-state index is 12.9. The summed E-state index contributed by atoms with van der Waals surface area (Å²) in [4.78, 5) is 31.5. The molecule has 0 spiro atoms. The highest BCUT2D eigenvalue weighted by atomic mass is 16.5. The average Bonchev–Trinajstić information content (AvgIpc) is 3.13. The molecule has 0 aliphatic carbocycles. The molecule has 2 aromatic heterocycles. The van der Waals surface area contributed by atoms with Gasteiger partial charge >= 0.3 is 5.69 Å². The Bertz CT molecular complexity index is 1480. The van der Waals surface area contributed by atoms with E-state index in [2.05, 4.69) is 9.97 Å². The third-order valence-electron chi connectivity index (χ3n) is 6.28. The Morgan fingerprint density at radius 3 is 2.69 bits per heavy atom. The van der Waals surface area contributed by atoms with Gasteiger partial charge in [0.2, 0.25) is 5.88 Å². The molecule has 0 unspecified atom stereocenters. The molecule has 8 heteroatoms. The van der Waals surface area contributed by atoms with Gasteiger partial charge in [-0.2, -0.15) is 0 Å². The second-order valence-corrected chi connectivity index (χ2v) is 8.30. The minimum Gasteiger partial charge on any atom is -0.497 e. The van der Waals surface area contributed by atoms with E-state index in [-0.39, 0.29) is 11.4 Å². The molecular weight excluding hydrogens is 408 g/mol. The lowest BCUT2D eigenvalue weighted by molar-refractivity contribution is -0.690. The number of ether oxygens (including phenoxy) is 1. The van der Waals surface area contributed by atoms with Gasteiger partial charge in [0.05, 0.1) is 25.0 Å². The van der Waals surface area contributed by atoms with E-state index in [1.807, 2.05) is 49.5 Å². The lowest BCUT2D eigenvalue weighted by Gasteiger charge is -2.22. The van der Waals surface area contributed by atoms with Crippen LogP contribution < -0.4 is 21.3 Å². The largest absolute Gasteiger partial charge is 0.497 e. The first-order valence-electron chi connectivity index (χ1n) is 10.6. The zero-order valence-corrected chi connectivity index (χ0v) is 18.2. The number of methoxy groups -OCH3 is 1. The van der Waals surface area contributed by atoms with Crippen LogP contribution in [0.5, 0.6) is 11.6 Å². The van der Waals surface area contributed by atoms with E-state index in [9.17, 15) is 14.7 Å². The zero-order chi connectivity index (χ0) is 22.6. The maximum Gasteiger partial charge on any atom is 0.335 e. The Labute approximate surface area is 183 Å². The van der Waals surface area contributed by atoms with Crippen LogP contribution in [-0.2, 0) is 6.42 Å². The third-order valence-corrected chi connectivity index (χ3v) is 6.28. The topological polar surface area (TPSA) is 117 Å². The highest BCUT2D eigenvalue weighted by molar-refractivity contribution is 5.86. The maximum atomic E-state index is 12.9. The molecule has 0 amide bonds. The van der Waals surface area contributed by atoms with Crippen LogP contribution in [0.15, 0.2) is 46.0 Å². The number of nitrogens with two attached hydrogens (primary N) is 1. The first kappa shape index (κ1) is 20.1. The Balaban J connectivity index is 1.73. The van der Waals surface area contributed by atoms with Gasteiger partial charge in [-0.05, 0) is 49.2 Å². The minimum atomic E-state index is -0.666. The number of aromatic hydroxyl groups is 1. The predicted octanol–water partition coefficient (Wildman–Crippen LogP) is 1.55. The fourth-order valence-electron chi connectivity index (χ4n) is 4.78. The first-order valence-corrected chi connectivity index (χ1v) is 10.6. The number of hydrogen-bond donors (Lipinski definition) is 4. The summed E-state index contributed by atoms with van der Waals surface area (Å²) in [5.41, 5.74) is 4.19. The van der Waals surface area contributed by atoms with Crippen LogP contribution in [-0.4, -0.2) is 33.3 Å². The molecule has 0 fully saturated rings. The van der Waals surface area contributed by atoms with E-state index in [0.717, 1.165) is 52.0 Å². The molecule has 1 aliphatic heterocycles. The molecule has 5 N–H and O–H groups in total. The van der Waals surface area contributed by atoms with Crippen molar-refractivity contribution in [2.75, 3.05) is 13.7 Å². The molecule has 0 bridgehead atoms. The standard InChI is InChI=1S/C24H24N4O4/c1-12-4-7-18(13(2)10-12)28-23(30)19(22(29)27-24(28)31)21-20-15(8-9-25-21)16-11-14(32-3)5-6-17(16)26-20/h4-7,10-11,21,25-26,30H,8-9H2,1-3H3,(H,27,29,31)/p+1/t21-/m0/s1. The summed E-state index contributed by atoms with van der Waals surface area (Å²) >= 11 is 0. The van der Waals surface area contributed by atoms with E-state index in [4.69, 9.17) is 4.74 Å². The van der Waals surface area contributed by atoms with Crippen molar-refractivity contribution in [3.05, 3.63) is 85.2 Å². The minimum absolute atomic E-state index is 0.157. The highest BCUT2D eigenvalue weighted by Crippen LogP contribution is 2.34. The summed E-state index contributed by atoms with van der Waals surface area (Å²) in [6.45, 7) is 4.57. The molecule has 164 valence electrons. The molecule has 1 aliphatic rings. The van der Waals surface area contributed by atoms with E-state index in [1.54, 1.807) is 13.2 Å². The number of nitrogens with zero attached hydrogens (tertiary/aromatic N) is 1. The van der Waals surface area contributed by atoms with Gasteiger partial charge < -0.3 is 20.1 Å². The van der Waals surface area contributed by atoms with Crippen LogP contribution in [0, 0.1) is 13.8 Å². The number of fused-ring (bicyclic) bond motifs is 3. The summed E-state index contributed by atoms with van der Waals surface area (Å²) < 4.78 is 6.55. The molecule has 8 nitrogen and oxygen atoms in total. The molecule has 2 aromatic carbocycles. The number of aryl methyl sites for hydroxylation is 2. The number of quaternary nitrogens is 1. The van der Waals surface area contributed by atoms with Crippen molar-refractivity contribution < 1.29 is 15.2 Å². The number of nitrogens with one attached hydrogen (secondary N) is 2. The monoisotopic (exact) mass is 433 g/mol. The highest BCUT2D eigenvalue weighted by Gasteiger charge is 2.34. The van der Waals surface area contributed by atoms with Gasteiger partial charge in [0.25, 0.3) is 5.56 Å². The van der Waals surface area contributed by atoms with Gasteiger partial charge in [0, 0.05) is 17.3 Å². The normalized spacial score (nSPS) is 15.7. The van der Waals surface area contributed by atoms with Crippen molar-refractivity contribution in [3.63, 3.8) is 0 Å². The zero-order valence-electron chi connectivity index (χ0n) is 18.2. The Morgan fingerprint density at radius 2 is 1.94 bits per heavy atom. The molecule has 1 atom stereocenters. The van der Waals surface area contributed by atoms with Crippen molar-refractivity contribution in [3.8, 4) is 17.3 Å². The van der Waals surface area contributed by atoms with Crippen LogP contribution in [0.2, 0.25) is 0 Å². The van der Waals surface area contributed by atoms with Gasteiger partial charge in [-0.1, -0.05) is 17.7 Å². The molecule has 0 saturated heterocycles. The van der Waals surface area contributed by atoms with Crippen molar-refractivity contribution >= 4 is 10.9 Å². The van der Waals surface area contributed by atoms with Crippen molar-refractivity contribution in [1.82, 2.24) is 14.5 Å². The number of aromatic nitrogens is 3. The lowest BCUT2D eigenvalue weighted by Crippen LogP contribution is -2.87. The van der Waals surface area contributed by atoms with Gasteiger partial charge in [0.1, 0.15) is 11.3 Å². The third kappa shape index (κ3) is 3.03. The molecule has 0 radical (unpaired) electrons. The van der Waals surface area contributed by atoms with E-state index in [1.165, 1.54) is 4.57 Å². The van der Waals surface area contributed by atoms with Crippen LogP contribution in [0.4, 0.5) is 0 Å². The fourth-order valence-corrected chi connectivity index (χ4v) is 4.78. The molecule has 0 saturated carbocycles. The Morgan fingerprint density at radius 1 is 1.12 bits per heavy atom. The summed E-state index contributed by atoms with van der Waals surface area (Å²) in [5, 5.41) is 14.3. The summed E-state index contributed by atoms with van der Waals surface area (Å²) in [7, 11) is 1.63. The molecular formula is C24H25N4O4+. The van der Waals surface area contributed by atoms with Crippen molar-refractivity contribution in [2.24, 2.45) is 0 Å². The fraction of sp³-hybridized carbons (Fsp3) is 0.250. The summed E-state index contributed by atoms with van der Waals surface area (Å²) in [5.74, 6) is 0.422. The van der Waals surface area contributed by atoms with Crippen LogP contribution >= 0.6 is 0 Å². The molecule has 3 heterocycles. The lowest BCUT2D eigenvalue weighted by atomic mass is 9.95. The predicted molar refractivity (Wildman–Crippen MR) is 121 cm³/mol. The van der Waals surface area contributed by atoms with Gasteiger partial charge in [-0.3, -0.25) is 9.78 Å². The summed E-state index contributed by atoms with van der Waals surface area (Å²) in [6, 6.07) is 10.9. The average molecular weight is 433 g/mol. The van der Waals surface area contributed by atoms with E-state index < -0.39 is 17.3 Å². The smallest absolute Gasteiger partial charge is 0.335 e.